The van der Waals surface area contributed by atoms with Gasteiger partial charge in [0.1, 0.15) is 6.54 Å². The van der Waals surface area contributed by atoms with E-state index in [1.165, 1.54) is 22.9 Å². The Labute approximate surface area is 193 Å². The molecule has 1 aliphatic heterocycles. The van der Waals surface area contributed by atoms with E-state index in [1.54, 1.807) is 4.90 Å². The molecule has 5 heteroatoms. The van der Waals surface area contributed by atoms with Crippen LogP contribution < -0.4 is 10.2 Å². The molecule has 0 aromatic heterocycles. The van der Waals surface area contributed by atoms with Crippen LogP contribution >= 0.6 is 11.8 Å². The molecule has 4 nitrogen and oxygen atoms in total. The van der Waals surface area contributed by atoms with E-state index in [4.69, 9.17) is 0 Å². The van der Waals surface area contributed by atoms with Gasteiger partial charge in [-0.3, -0.25) is 14.5 Å². The number of hydrogen-bond donors (Lipinski definition) is 1. The number of carbonyl (C=O) groups is 2. The van der Waals surface area contributed by atoms with Gasteiger partial charge in [0.25, 0.3) is 5.91 Å². The molecule has 162 valence electrons. The summed E-state index contributed by atoms with van der Waals surface area (Å²) in [6.45, 7) is 4.56. The minimum Gasteiger partial charge on any atom is -0.350 e. The van der Waals surface area contributed by atoms with Gasteiger partial charge >= 0.3 is 0 Å². The Kier molecular flexibility index (Phi) is 6.76. The van der Waals surface area contributed by atoms with E-state index in [-0.39, 0.29) is 18.4 Å². The summed E-state index contributed by atoms with van der Waals surface area (Å²) in [5.41, 5.74) is 5.21. The summed E-state index contributed by atoms with van der Waals surface area (Å²) in [5, 5.41) is 2.94. The lowest BCUT2D eigenvalue weighted by molar-refractivity contribution is -0.122. The SMILES string of the molecule is CCc1ccc(C=C2Sc3ccccc3N(CC(=O)NCc3ccc(C)cc3)C2=O)cc1. The second kappa shape index (κ2) is 9.88. The maximum Gasteiger partial charge on any atom is 0.265 e. The van der Waals surface area contributed by atoms with Crippen LogP contribution in [0.25, 0.3) is 6.08 Å². The van der Waals surface area contributed by atoms with Crippen LogP contribution in [-0.4, -0.2) is 18.4 Å². The Balaban J connectivity index is 1.53. The molecular formula is C27H26N2O2S. The van der Waals surface area contributed by atoms with Crippen LogP contribution in [0.5, 0.6) is 0 Å². The molecule has 32 heavy (non-hydrogen) atoms. The lowest BCUT2D eigenvalue weighted by atomic mass is 10.1. The van der Waals surface area contributed by atoms with Crippen molar-refractivity contribution in [3.8, 4) is 0 Å². The van der Waals surface area contributed by atoms with Crippen molar-refractivity contribution in [2.75, 3.05) is 11.4 Å². The van der Waals surface area contributed by atoms with Crippen LogP contribution in [0.4, 0.5) is 5.69 Å². The van der Waals surface area contributed by atoms with Gasteiger partial charge in [-0.15, -0.1) is 0 Å². The maximum absolute atomic E-state index is 13.3. The van der Waals surface area contributed by atoms with Crippen molar-refractivity contribution < 1.29 is 9.59 Å². The first-order valence-electron chi connectivity index (χ1n) is 10.7. The number of fused-ring (bicyclic) bond motifs is 1. The highest BCUT2D eigenvalue weighted by Gasteiger charge is 2.30. The number of para-hydroxylation sites is 1. The Morgan fingerprint density at radius 2 is 1.66 bits per heavy atom. The molecule has 2 amide bonds. The molecule has 1 aliphatic rings. The lowest BCUT2D eigenvalue weighted by Crippen LogP contribution is -2.42. The molecule has 0 atom stereocenters. The van der Waals surface area contributed by atoms with Gasteiger partial charge in [0.15, 0.2) is 0 Å². The number of benzene rings is 3. The molecule has 1 heterocycles. The maximum atomic E-state index is 13.3. The zero-order valence-corrected chi connectivity index (χ0v) is 19.1. The number of aryl methyl sites for hydroxylation is 2. The molecule has 3 aromatic carbocycles. The first kappa shape index (κ1) is 21.9. The fourth-order valence-corrected chi connectivity index (χ4v) is 4.59. The minimum absolute atomic E-state index is 0.0195. The zero-order valence-electron chi connectivity index (χ0n) is 18.3. The van der Waals surface area contributed by atoms with E-state index < -0.39 is 0 Å². The van der Waals surface area contributed by atoms with E-state index in [0.29, 0.717) is 11.4 Å². The molecule has 1 N–H and O–H groups in total. The first-order chi connectivity index (χ1) is 15.5. The van der Waals surface area contributed by atoms with Gasteiger partial charge < -0.3 is 5.32 Å². The molecule has 0 saturated heterocycles. The highest BCUT2D eigenvalue weighted by Crippen LogP contribution is 2.41. The highest BCUT2D eigenvalue weighted by molar-refractivity contribution is 8.04. The fourth-order valence-electron chi connectivity index (χ4n) is 3.53. The monoisotopic (exact) mass is 442 g/mol. The van der Waals surface area contributed by atoms with Gasteiger partial charge in [-0.1, -0.05) is 84.9 Å². The fraction of sp³-hybridized carbons (Fsp3) is 0.185. The average Bonchev–Trinajstić information content (AvgIpc) is 2.82. The molecule has 0 bridgehead atoms. The Morgan fingerprint density at radius 3 is 2.38 bits per heavy atom. The number of hydrogen-bond acceptors (Lipinski definition) is 3. The molecule has 0 aliphatic carbocycles. The number of nitrogens with one attached hydrogen (secondary N) is 1. The quantitative estimate of drug-likeness (QED) is 0.523. The van der Waals surface area contributed by atoms with E-state index in [0.717, 1.165) is 28.1 Å². The van der Waals surface area contributed by atoms with Gasteiger partial charge in [0, 0.05) is 11.4 Å². The number of anilines is 1. The molecule has 4 rings (SSSR count). The lowest BCUT2D eigenvalue weighted by Gasteiger charge is -2.29. The Bertz CT molecular complexity index is 1150. The zero-order chi connectivity index (χ0) is 22.5. The Morgan fingerprint density at radius 1 is 0.969 bits per heavy atom. The van der Waals surface area contributed by atoms with Crippen molar-refractivity contribution in [2.24, 2.45) is 0 Å². The van der Waals surface area contributed by atoms with Crippen molar-refractivity contribution in [1.82, 2.24) is 5.32 Å². The first-order valence-corrected chi connectivity index (χ1v) is 11.6. The van der Waals surface area contributed by atoms with E-state index >= 15 is 0 Å². The molecule has 3 aromatic rings. The third-order valence-corrected chi connectivity index (χ3v) is 6.51. The predicted molar refractivity (Wildman–Crippen MR) is 131 cm³/mol. The number of rotatable bonds is 6. The van der Waals surface area contributed by atoms with Gasteiger partial charge in [0.2, 0.25) is 5.91 Å². The second-order valence-corrected chi connectivity index (χ2v) is 8.91. The Hall–Kier alpha value is -3.31. The van der Waals surface area contributed by atoms with Crippen LogP contribution in [0.3, 0.4) is 0 Å². The normalized spacial score (nSPS) is 14.4. The van der Waals surface area contributed by atoms with Crippen molar-refractivity contribution in [1.29, 1.82) is 0 Å². The van der Waals surface area contributed by atoms with Crippen molar-refractivity contribution in [3.63, 3.8) is 0 Å². The summed E-state index contributed by atoms with van der Waals surface area (Å²) < 4.78 is 0. The number of thioether (sulfide) groups is 1. The molecule has 0 spiro atoms. The summed E-state index contributed by atoms with van der Waals surface area (Å²) in [7, 11) is 0. The summed E-state index contributed by atoms with van der Waals surface area (Å²) >= 11 is 1.45. The molecule has 0 radical (unpaired) electrons. The van der Waals surface area contributed by atoms with Crippen LogP contribution in [0.2, 0.25) is 0 Å². The summed E-state index contributed by atoms with van der Waals surface area (Å²) in [6.07, 6.45) is 2.88. The van der Waals surface area contributed by atoms with Crippen molar-refractivity contribution in [3.05, 3.63) is 100.0 Å². The van der Waals surface area contributed by atoms with Crippen LogP contribution in [-0.2, 0) is 22.6 Å². The summed E-state index contributed by atoms with van der Waals surface area (Å²) in [6, 6.07) is 24.0. The van der Waals surface area contributed by atoms with Crippen LogP contribution in [0.15, 0.2) is 82.6 Å². The number of amides is 2. The van der Waals surface area contributed by atoms with Crippen molar-refractivity contribution >= 4 is 35.3 Å². The van der Waals surface area contributed by atoms with Gasteiger partial charge in [-0.2, -0.15) is 0 Å². The van der Waals surface area contributed by atoms with E-state index in [9.17, 15) is 9.59 Å². The third kappa shape index (κ3) is 5.11. The van der Waals surface area contributed by atoms with Gasteiger partial charge in [0.05, 0.1) is 10.6 Å². The number of nitrogens with zero attached hydrogens (tertiary/aromatic N) is 1. The predicted octanol–water partition coefficient (Wildman–Crippen LogP) is 5.35. The molecule has 0 unspecified atom stereocenters. The molecular weight excluding hydrogens is 416 g/mol. The van der Waals surface area contributed by atoms with E-state index in [1.807, 2.05) is 73.7 Å². The largest absolute Gasteiger partial charge is 0.350 e. The second-order valence-electron chi connectivity index (χ2n) is 7.83. The minimum atomic E-state index is -0.188. The van der Waals surface area contributed by atoms with Gasteiger partial charge in [-0.25, -0.2) is 0 Å². The van der Waals surface area contributed by atoms with E-state index in [2.05, 4.69) is 24.4 Å². The van der Waals surface area contributed by atoms with Gasteiger partial charge in [-0.05, 0) is 48.2 Å². The standard InChI is InChI=1S/C27H26N2O2S/c1-3-20-12-14-21(15-13-20)16-25-27(31)29(23-6-4-5-7-24(23)32-25)18-26(30)28-17-22-10-8-19(2)9-11-22/h4-16H,3,17-18H2,1-2H3,(H,28,30). The highest BCUT2D eigenvalue weighted by atomic mass is 32.2. The van der Waals surface area contributed by atoms with Crippen LogP contribution in [0, 0.1) is 6.92 Å². The topological polar surface area (TPSA) is 49.4 Å². The summed E-state index contributed by atoms with van der Waals surface area (Å²) in [4.78, 5) is 29.2. The molecule has 0 fully saturated rings. The third-order valence-electron chi connectivity index (χ3n) is 5.43. The van der Waals surface area contributed by atoms with Crippen LogP contribution in [0.1, 0.15) is 29.2 Å². The van der Waals surface area contributed by atoms with Crippen molar-refractivity contribution in [2.45, 2.75) is 31.7 Å². The average molecular weight is 443 g/mol. The smallest absolute Gasteiger partial charge is 0.265 e. The summed E-state index contributed by atoms with van der Waals surface area (Å²) in [5.74, 6) is -0.342. The molecule has 0 saturated carbocycles. The number of carbonyl (C=O) groups excluding carboxylic acids is 2.